The maximum Gasteiger partial charge on any atom is 0.182 e. The third-order valence-corrected chi connectivity index (χ3v) is 1.92. The molecular formula is C7H14ClF2N. The zero-order valence-electron chi connectivity index (χ0n) is 6.52. The van der Waals surface area contributed by atoms with Crippen molar-refractivity contribution in [1.29, 1.82) is 0 Å². The lowest BCUT2D eigenvalue weighted by molar-refractivity contribution is 0.133. The fraction of sp³-hybridized carbons (Fsp3) is 1.00. The molecule has 1 aliphatic rings. The van der Waals surface area contributed by atoms with E-state index in [1.54, 1.807) is 0 Å². The third kappa shape index (κ3) is 3.34. The second kappa shape index (κ2) is 4.88. The summed E-state index contributed by atoms with van der Waals surface area (Å²) in [6.45, 7) is 2.55. The van der Waals surface area contributed by atoms with Gasteiger partial charge in [-0.05, 0) is 25.3 Å². The van der Waals surface area contributed by atoms with Crippen molar-refractivity contribution in [1.82, 2.24) is 5.32 Å². The van der Waals surface area contributed by atoms with Gasteiger partial charge in [0.15, 0.2) is 6.30 Å². The molecule has 3 atom stereocenters. The fourth-order valence-electron chi connectivity index (χ4n) is 1.22. The normalized spacial score (nSPS) is 39.0. The average molecular weight is 186 g/mol. The van der Waals surface area contributed by atoms with Crippen LogP contribution in [0.15, 0.2) is 0 Å². The van der Waals surface area contributed by atoms with Gasteiger partial charge in [-0.15, -0.1) is 12.4 Å². The van der Waals surface area contributed by atoms with E-state index in [0.717, 1.165) is 6.42 Å². The maximum atomic E-state index is 12.7. The van der Waals surface area contributed by atoms with Crippen LogP contribution in [-0.2, 0) is 0 Å². The quantitative estimate of drug-likeness (QED) is 0.570. The Labute approximate surface area is 72.0 Å². The monoisotopic (exact) mass is 185 g/mol. The van der Waals surface area contributed by atoms with Gasteiger partial charge in [-0.2, -0.15) is 0 Å². The van der Waals surface area contributed by atoms with Crippen molar-refractivity contribution in [3.8, 4) is 0 Å². The molecule has 1 fully saturated rings. The molecule has 1 heterocycles. The Kier molecular flexibility index (Phi) is 4.93. The fourth-order valence-corrected chi connectivity index (χ4v) is 1.22. The Balaban J connectivity index is 0.000001000. The number of hydrogen-bond acceptors (Lipinski definition) is 1. The van der Waals surface area contributed by atoms with Crippen molar-refractivity contribution < 1.29 is 8.78 Å². The number of hydrogen-bond donors (Lipinski definition) is 1. The average Bonchev–Trinajstić information content (AvgIpc) is 1.96. The summed E-state index contributed by atoms with van der Waals surface area (Å²) in [5.41, 5.74) is 0. The first-order valence-corrected chi connectivity index (χ1v) is 3.71. The summed E-state index contributed by atoms with van der Waals surface area (Å²) < 4.78 is 25.2. The Morgan fingerprint density at radius 2 is 2.00 bits per heavy atom. The van der Waals surface area contributed by atoms with E-state index >= 15 is 0 Å². The lowest BCUT2D eigenvalue weighted by Crippen LogP contribution is -2.31. The smallest absolute Gasteiger partial charge is 0.182 e. The Hall–Kier alpha value is 0.110. The maximum absolute atomic E-state index is 12.7. The highest BCUT2D eigenvalue weighted by Crippen LogP contribution is 2.18. The van der Waals surface area contributed by atoms with Gasteiger partial charge in [0.25, 0.3) is 0 Å². The highest BCUT2D eigenvalue weighted by Gasteiger charge is 2.25. The van der Waals surface area contributed by atoms with Gasteiger partial charge in [-0.25, -0.2) is 8.78 Å². The second-order valence-electron chi connectivity index (χ2n) is 3.00. The van der Waals surface area contributed by atoms with E-state index in [9.17, 15) is 8.78 Å². The first-order chi connectivity index (χ1) is 4.70. The number of rotatable bonds is 0. The zero-order chi connectivity index (χ0) is 7.56. The van der Waals surface area contributed by atoms with Gasteiger partial charge in [-0.3, -0.25) is 5.32 Å². The molecule has 3 unspecified atom stereocenters. The van der Waals surface area contributed by atoms with Crippen molar-refractivity contribution in [2.75, 3.05) is 6.54 Å². The van der Waals surface area contributed by atoms with Crippen LogP contribution in [0.1, 0.15) is 19.8 Å². The van der Waals surface area contributed by atoms with Gasteiger partial charge in [0.2, 0.25) is 0 Å². The van der Waals surface area contributed by atoms with Crippen LogP contribution in [0.5, 0.6) is 0 Å². The summed E-state index contributed by atoms with van der Waals surface area (Å²) >= 11 is 0. The standard InChI is InChI=1S/C7H13F2N.ClH/c1-5-2-3-10-7(9)6(8)4-5;/h5-7,10H,2-4H2,1H3;1H. The summed E-state index contributed by atoms with van der Waals surface area (Å²) in [7, 11) is 0. The molecule has 0 saturated carbocycles. The van der Waals surface area contributed by atoms with Crippen LogP contribution in [0.25, 0.3) is 0 Å². The molecule has 0 radical (unpaired) electrons. The predicted molar refractivity (Wildman–Crippen MR) is 43.4 cm³/mol. The van der Waals surface area contributed by atoms with Crippen molar-refractivity contribution >= 4 is 12.4 Å². The Morgan fingerprint density at radius 1 is 1.36 bits per heavy atom. The van der Waals surface area contributed by atoms with E-state index in [0.29, 0.717) is 18.9 Å². The minimum atomic E-state index is -1.44. The van der Waals surface area contributed by atoms with Crippen molar-refractivity contribution in [3.05, 3.63) is 0 Å². The minimum Gasteiger partial charge on any atom is -0.285 e. The summed E-state index contributed by atoms with van der Waals surface area (Å²) in [6.07, 6.45) is -1.52. The van der Waals surface area contributed by atoms with Crippen LogP contribution in [-0.4, -0.2) is 19.0 Å². The first-order valence-electron chi connectivity index (χ1n) is 3.71. The molecule has 4 heteroatoms. The summed E-state index contributed by atoms with van der Waals surface area (Å²) in [5.74, 6) is 0.309. The van der Waals surface area contributed by atoms with Crippen molar-refractivity contribution in [2.24, 2.45) is 5.92 Å². The molecule has 68 valence electrons. The predicted octanol–water partition coefficient (Wildman–Crippen LogP) is 2.06. The highest BCUT2D eigenvalue weighted by molar-refractivity contribution is 5.85. The Morgan fingerprint density at radius 3 is 2.64 bits per heavy atom. The van der Waals surface area contributed by atoms with Crippen LogP contribution in [0.3, 0.4) is 0 Å². The van der Waals surface area contributed by atoms with Gasteiger partial charge in [0, 0.05) is 0 Å². The van der Waals surface area contributed by atoms with Gasteiger partial charge in [0.05, 0.1) is 0 Å². The van der Waals surface area contributed by atoms with Crippen LogP contribution < -0.4 is 5.32 Å². The first kappa shape index (κ1) is 11.1. The Bertz CT molecular complexity index is 113. The van der Waals surface area contributed by atoms with Crippen LogP contribution in [0.2, 0.25) is 0 Å². The van der Waals surface area contributed by atoms with Crippen LogP contribution in [0, 0.1) is 5.92 Å². The molecule has 0 aromatic heterocycles. The molecule has 0 aromatic carbocycles. The molecule has 1 saturated heterocycles. The molecule has 1 N–H and O–H groups in total. The summed E-state index contributed by atoms with van der Waals surface area (Å²) in [4.78, 5) is 0. The minimum absolute atomic E-state index is 0. The van der Waals surface area contributed by atoms with E-state index in [4.69, 9.17) is 0 Å². The highest BCUT2D eigenvalue weighted by atomic mass is 35.5. The molecule has 1 aliphatic heterocycles. The molecule has 0 aromatic rings. The molecule has 0 spiro atoms. The number of alkyl halides is 2. The van der Waals surface area contributed by atoms with Gasteiger partial charge in [0.1, 0.15) is 6.17 Å². The van der Waals surface area contributed by atoms with E-state index in [-0.39, 0.29) is 12.4 Å². The van der Waals surface area contributed by atoms with Gasteiger partial charge < -0.3 is 0 Å². The van der Waals surface area contributed by atoms with Crippen molar-refractivity contribution in [3.63, 3.8) is 0 Å². The summed E-state index contributed by atoms with van der Waals surface area (Å²) in [5, 5.41) is 2.48. The molecule has 11 heavy (non-hydrogen) atoms. The lowest BCUT2D eigenvalue weighted by atomic mass is 10.0. The van der Waals surface area contributed by atoms with E-state index < -0.39 is 12.5 Å². The summed E-state index contributed by atoms with van der Waals surface area (Å²) in [6, 6.07) is 0. The van der Waals surface area contributed by atoms with Crippen LogP contribution >= 0.6 is 12.4 Å². The van der Waals surface area contributed by atoms with E-state index in [1.807, 2.05) is 6.92 Å². The lowest BCUT2D eigenvalue weighted by Gasteiger charge is -2.10. The molecular weight excluding hydrogens is 172 g/mol. The molecule has 0 bridgehead atoms. The van der Waals surface area contributed by atoms with Crippen molar-refractivity contribution in [2.45, 2.75) is 32.2 Å². The largest absolute Gasteiger partial charge is 0.285 e. The van der Waals surface area contributed by atoms with E-state index in [1.165, 1.54) is 0 Å². The SMILES string of the molecule is CC1CCNC(F)C(F)C1.Cl. The third-order valence-electron chi connectivity index (χ3n) is 1.92. The number of nitrogens with one attached hydrogen (secondary N) is 1. The second-order valence-corrected chi connectivity index (χ2v) is 3.00. The van der Waals surface area contributed by atoms with Crippen LogP contribution in [0.4, 0.5) is 8.78 Å². The molecule has 0 aliphatic carbocycles. The topological polar surface area (TPSA) is 12.0 Å². The molecule has 1 nitrogen and oxygen atoms in total. The van der Waals surface area contributed by atoms with E-state index in [2.05, 4.69) is 5.32 Å². The zero-order valence-corrected chi connectivity index (χ0v) is 7.33. The number of halogens is 3. The van der Waals surface area contributed by atoms with Gasteiger partial charge in [-0.1, -0.05) is 6.92 Å². The molecule has 1 rings (SSSR count). The van der Waals surface area contributed by atoms with Gasteiger partial charge >= 0.3 is 0 Å². The molecule has 0 amide bonds.